The third-order valence-electron chi connectivity index (χ3n) is 4.42. The lowest BCUT2D eigenvalue weighted by Crippen LogP contribution is -2.47. The molecule has 0 aliphatic heterocycles. The average Bonchev–Trinajstić information content (AvgIpc) is 2.52. The van der Waals surface area contributed by atoms with Crippen molar-refractivity contribution in [1.29, 1.82) is 0 Å². The van der Waals surface area contributed by atoms with Gasteiger partial charge in [-0.05, 0) is 74.6 Å². The van der Waals surface area contributed by atoms with Crippen molar-refractivity contribution >= 4 is 27.3 Å². The van der Waals surface area contributed by atoms with Gasteiger partial charge in [0.1, 0.15) is 6.04 Å². The molecule has 146 valence electrons. The number of carbonyl (C=O) groups is 1. The summed E-state index contributed by atoms with van der Waals surface area (Å²) in [5.41, 5.74) is 5.03. The van der Waals surface area contributed by atoms with Crippen LogP contribution in [0, 0.1) is 27.7 Å². The molecule has 2 aromatic rings. The van der Waals surface area contributed by atoms with Gasteiger partial charge in [-0.2, -0.15) is 0 Å². The summed E-state index contributed by atoms with van der Waals surface area (Å²) in [5, 5.41) is 2.89. The SMILES string of the molecule is CC[C@H](C(=O)Nc1cc(C)cc(C)c1)N(c1cc(C)ccc1C)S(C)(=O)=O. The van der Waals surface area contributed by atoms with E-state index in [0.29, 0.717) is 17.8 Å². The van der Waals surface area contributed by atoms with Crippen LogP contribution in [0.2, 0.25) is 0 Å². The summed E-state index contributed by atoms with van der Waals surface area (Å²) in [7, 11) is -3.65. The van der Waals surface area contributed by atoms with Crippen LogP contribution in [0.1, 0.15) is 35.6 Å². The van der Waals surface area contributed by atoms with E-state index in [4.69, 9.17) is 0 Å². The summed E-state index contributed by atoms with van der Waals surface area (Å²) in [6.45, 7) is 9.48. The second kappa shape index (κ2) is 8.13. The zero-order valence-corrected chi connectivity index (χ0v) is 17.6. The molecular weight excluding hydrogens is 360 g/mol. The summed E-state index contributed by atoms with van der Waals surface area (Å²) < 4.78 is 26.5. The Balaban J connectivity index is 2.46. The first kappa shape index (κ1) is 21.0. The number of anilines is 2. The van der Waals surface area contributed by atoms with Gasteiger partial charge in [0, 0.05) is 5.69 Å². The Morgan fingerprint density at radius 1 is 1.00 bits per heavy atom. The minimum atomic E-state index is -3.65. The number of amides is 1. The maximum atomic E-state index is 13.0. The molecule has 5 nitrogen and oxygen atoms in total. The van der Waals surface area contributed by atoms with Crippen molar-refractivity contribution in [1.82, 2.24) is 0 Å². The fourth-order valence-corrected chi connectivity index (χ4v) is 4.53. The highest BCUT2D eigenvalue weighted by atomic mass is 32.2. The van der Waals surface area contributed by atoms with Crippen molar-refractivity contribution in [2.24, 2.45) is 0 Å². The molecule has 1 amide bonds. The maximum Gasteiger partial charge on any atom is 0.248 e. The Bertz CT molecular complexity index is 932. The van der Waals surface area contributed by atoms with E-state index in [0.717, 1.165) is 28.5 Å². The Hall–Kier alpha value is -2.34. The summed E-state index contributed by atoms with van der Waals surface area (Å²) >= 11 is 0. The lowest BCUT2D eigenvalue weighted by molar-refractivity contribution is -0.117. The van der Waals surface area contributed by atoms with Crippen LogP contribution in [0.4, 0.5) is 11.4 Å². The molecule has 0 saturated carbocycles. The highest BCUT2D eigenvalue weighted by Crippen LogP contribution is 2.28. The van der Waals surface area contributed by atoms with Crippen LogP contribution in [0.3, 0.4) is 0 Å². The summed E-state index contributed by atoms with van der Waals surface area (Å²) in [5.74, 6) is -0.339. The van der Waals surface area contributed by atoms with Gasteiger partial charge in [-0.15, -0.1) is 0 Å². The number of sulfonamides is 1. The third-order valence-corrected chi connectivity index (χ3v) is 5.59. The molecular formula is C21H28N2O3S. The Morgan fingerprint density at radius 2 is 1.59 bits per heavy atom. The summed E-state index contributed by atoms with van der Waals surface area (Å²) in [6, 6.07) is 10.5. The van der Waals surface area contributed by atoms with Crippen LogP contribution in [-0.4, -0.2) is 26.6 Å². The molecule has 0 aromatic heterocycles. The van der Waals surface area contributed by atoms with E-state index >= 15 is 0 Å². The molecule has 0 aliphatic rings. The van der Waals surface area contributed by atoms with Crippen molar-refractivity contribution in [3.05, 3.63) is 58.7 Å². The quantitative estimate of drug-likeness (QED) is 0.810. The number of rotatable bonds is 6. The lowest BCUT2D eigenvalue weighted by Gasteiger charge is -2.31. The largest absolute Gasteiger partial charge is 0.324 e. The minimum absolute atomic E-state index is 0.339. The second-order valence-electron chi connectivity index (χ2n) is 7.14. The van der Waals surface area contributed by atoms with E-state index in [1.54, 1.807) is 0 Å². The molecule has 2 rings (SSSR count). The van der Waals surface area contributed by atoms with Gasteiger partial charge >= 0.3 is 0 Å². The topological polar surface area (TPSA) is 66.5 Å². The van der Waals surface area contributed by atoms with Gasteiger partial charge < -0.3 is 5.32 Å². The lowest BCUT2D eigenvalue weighted by atomic mass is 10.1. The molecule has 0 fully saturated rings. The monoisotopic (exact) mass is 388 g/mol. The van der Waals surface area contributed by atoms with Crippen molar-refractivity contribution in [3.8, 4) is 0 Å². The molecule has 0 heterocycles. The van der Waals surface area contributed by atoms with Gasteiger partial charge in [0.05, 0.1) is 11.9 Å². The van der Waals surface area contributed by atoms with E-state index in [2.05, 4.69) is 5.32 Å². The normalized spacial score (nSPS) is 12.5. The smallest absolute Gasteiger partial charge is 0.248 e. The first-order valence-electron chi connectivity index (χ1n) is 8.98. The van der Waals surface area contributed by atoms with Crippen LogP contribution in [-0.2, 0) is 14.8 Å². The number of nitrogens with zero attached hydrogens (tertiary/aromatic N) is 1. The van der Waals surface area contributed by atoms with Crippen LogP contribution < -0.4 is 9.62 Å². The summed E-state index contributed by atoms with van der Waals surface area (Å²) in [4.78, 5) is 13.0. The zero-order valence-electron chi connectivity index (χ0n) is 16.8. The Kier molecular flexibility index (Phi) is 6.31. The van der Waals surface area contributed by atoms with Crippen molar-refractivity contribution in [2.45, 2.75) is 47.1 Å². The minimum Gasteiger partial charge on any atom is -0.324 e. The number of hydrogen-bond donors (Lipinski definition) is 1. The van der Waals surface area contributed by atoms with Gasteiger partial charge in [0.2, 0.25) is 15.9 Å². The van der Waals surface area contributed by atoms with E-state index in [1.165, 1.54) is 4.31 Å². The van der Waals surface area contributed by atoms with E-state index in [1.807, 2.05) is 71.0 Å². The van der Waals surface area contributed by atoms with Gasteiger partial charge in [-0.3, -0.25) is 9.10 Å². The van der Waals surface area contributed by atoms with Gasteiger partial charge in [-0.25, -0.2) is 8.42 Å². The van der Waals surface area contributed by atoms with Crippen molar-refractivity contribution in [2.75, 3.05) is 15.9 Å². The van der Waals surface area contributed by atoms with Crippen molar-refractivity contribution < 1.29 is 13.2 Å². The van der Waals surface area contributed by atoms with Gasteiger partial charge in [0.25, 0.3) is 0 Å². The molecule has 0 radical (unpaired) electrons. The number of hydrogen-bond acceptors (Lipinski definition) is 3. The van der Waals surface area contributed by atoms with Crippen LogP contribution >= 0.6 is 0 Å². The molecule has 2 aromatic carbocycles. The first-order valence-corrected chi connectivity index (χ1v) is 10.8. The standard InChI is InChI=1S/C21H28N2O3S/c1-7-19(21(24)22-18-11-15(3)10-16(4)12-18)23(27(6,25)26)20-13-14(2)8-9-17(20)5/h8-13,19H,7H2,1-6H3,(H,22,24)/t19-/m1/s1. The van der Waals surface area contributed by atoms with E-state index in [9.17, 15) is 13.2 Å². The second-order valence-corrected chi connectivity index (χ2v) is 9.00. The maximum absolute atomic E-state index is 13.0. The molecule has 0 aliphatic carbocycles. The number of carbonyl (C=O) groups excluding carboxylic acids is 1. The number of benzene rings is 2. The molecule has 1 atom stereocenters. The van der Waals surface area contributed by atoms with E-state index < -0.39 is 16.1 Å². The zero-order chi connectivity index (χ0) is 20.4. The van der Waals surface area contributed by atoms with Crippen LogP contribution in [0.25, 0.3) is 0 Å². The predicted molar refractivity (Wildman–Crippen MR) is 112 cm³/mol. The third kappa shape index (κ3) is 5.10. The summed E-state index contributed by atoms with van der Waals surface area (Å²) in [6.07, 6.45) is 1.50. The number of aryl methyl sites for hydroxylation is 4. The fraction of sp³-hybridized carbons (Fsp3) is 0.381. The molecule has 0 spiro atoms. The molecule has 6 heteroatoms. The van der Waals surface area contributed by atoms with Crippen LogP contribution in [0.5, 0.6) is 0 Å². The molecule has 27 heavy (non-hydrogen) atoms. The Morgan fingerprint density at radius 3 is 2.11 bits per heavy atom. The van der Waals surface area contributed by atoms with Gasteiger partial charge in [-0.1, -0.05) is 25.1 Å². The molecule has 1 N–H and O–H groups in total. The van der Waals surface area contributed by atoms with Crippen LogP contribution in [0.15, 0.2) is 36.4 Å². The highest BCUT2D eigenvalue weighted by Gasteiger charge is 2.32. The van der Waals surface area contributed by atoms with Gasteiger partial charge in [0.15, 0.2) is 0 Å². The highest BCUT2D eigenvalue weighted by molar-refractivity contribution is 7.92. The molecule has 0 saturated heterocycles. The van der Waals surface area contributed by atoms with Crippen molar-refractivity contribution in [3.63, 3.8) is 0 Å². The van der Waals surface area contributed by atoms with E-state index in [-0.39, 0.29) is 5.91 Å². The average molecular weight is 389 g/mol. The first-order chi connectivity index (χ1) is 12.5. The number of nitrogens with one attached hydrogen (secondary N) is 1. The predicted octanol–water partition coefficient (Wildman–Crippen LogP) is 4.10. The Labute approximate surface area is 162 Å². The molecule has 0 unspecified atom stereocenters. The molecule has 0 bridgehead atoms. The fourth-order valence-electron chi connectivity index (χ4n) is 3.26.